The van der Waals surface area contributed by atoms with Crippen molar-refractivity contribution in [3.63, 3.8) is 0 Å². The average molecular weight is 288 g/mol. The van der Waals surface area contributed by atoms with Gasteiger partial charge in [-0.1, -0.05) is 11.8 Å². The lowest BCUT2D eigenvalue weighted by Crippen LogP contribution is -2.44. The summed E-state index contributed by atoms with van der Waals surface area (Å²) in [7, 11) is 0. The monoisotopic (exact) mass is 288 g/mol. The number of nitrogens with zero attached hydrogens (tertiary/aromatic N) is 1. The number of thioether (sulfide) groups is 1. The van der Waals surface area contributed by atoms with Crippen LogP contribution in [-0.2, 0) is 14.4 Å². The first kappa shape index (κ1) is 16.0. The van der Waals surface area contributed by atoms with Crippen molar-refractivity contribution in [3.8, 4) is 0 Å². The van der Waals surface area contributed by atoms with E-state index in [2.05, 4.69) is 0 Å². The second-order valence-corrected chi connectivity index (χ2v) is 5.80. The first-order valence-corrected chi connectivity index (χ1v) is 7.32. The molecule has 0 saturated carbocycles. The molecule has 1 fully saturated rings. The van der Waals surface area contributed by atoms with Gasteiger partial charge < -0.3 is 15.7 Å². The van der Waals surface area contributed by atoms with Gasteiger partial charge in [-0.2, -0.15) is 0 Å². The molecule has 0 spiro atoms. The Hall–Kier alpha value is -1.08. The minimum absolute atomic E-state index is 0.0500. The number of carboxylic acids is 1. The molecule has 108 valence electrons. The van der Waals surface area contributed by atoms with Gasteiger partial charge in [0.2, 0.25) is 5.91 Å². The van der Waals surface area contributed by atoms with Gasteiger partial charge in [0, 0.05) is 25.1 Å². The fourth-order valence-electron chi connectivity index (χ4n) is 2.22. The Morgan fingerprint density at radius 3 is 2.68 bits per heavy atom. The van der Waals surface area contributed by atoms with Crippen LogP contribution in [0.1, 0.15) is 26.2 Å². The van der Waals surface area contributed by atoms with E-state index in [9.17, 15) is 14.4 Å². The second-order valence-electron chi connectivity index (χ2n) is 4.60. The summed E-state index contributed by atoms with van der Waals surface area (Å²) in [5.41, 5.74) is 5.49. The van der Waals surface area contributed by atoms with Crippen molar-refractivity contribution in [1.82, 2.24) is 4.90 Å². The number of likely N-dealkylation sites (tertiary alicyclic amines) is 1. The molecule has 3 N–H and O–H groups in total. The van der Waals surface area contributed by atoms with E-state index in [1.807, 2.05) is 0 Å². The van der Waals surface area contributed by atoms with Crippen LogP contribution in [0.25, 0.3) is 0 Å². The van der Waals surface area contributed by atoms with E-state index in [1.54, 1.807) is 0 Å². The number of amides is 1. The molecule has 7 heteroatoms. The molecule has 0 aromatic rings. The fourth-order valence-corrected chi connectivity index (χ4v) is 2.96. The molecule has 19 heavy (non-hydrogen) atoms. The van der Waals surface area contributed by atoms with Gasteiger partial charge in [-0.05, 0) is 25.8 Å². The van der Waals surface area contributed by atoms with Crippen LogP contribution in [0.3, 0.4) is 0 Å². The predicted molar refractivity (Wildman–Crippen MR) is 72.7 cm³/mol. The zero-order chi connectivity index (χ0) is 14.4. The topological polar surface area (TPSA) is 101 Å². The van der Waals surface area contributed by atoms with Gasteiger partial charge in [-0.15, -0.1) is 0 Å². The summed E-state index contributed by atoms with van der Waals surface area (Å²) in [6.45, 7) is 2.27. The van der Waals surface area contributed by atoms with Crippen molar-refractivity contribution >= 4 is 28.8 Å². The lowest BCUT2D eigenvalue weighted by Gasteiger charge is -2.26. The lowest BCUT2D eigenvalue weighted by molar-refractivity contribution is -0.149. The number of aliphatic carboxylic acids is 1. The molecule has 1 heterocycles. The SMILES string of the molecule is CC(=O)SCC(CCN)C(=O)N1CCC[C@H]1C(=O)O. The standard InChI is InChI=1S/C12H20N2O4S/c1-8(15)19-7-9(4-5-13)11(16)14-6-2-3-10(14)12(17)18/h9-10H,2-7,13H2,1H3,(H,17,18)/t9?,10-/m0/s1. The third-order valence-corrected chi connectivity index (χ3v) is 4.15. The van der Waals surface area contributed by atoms with Gasteiger partial charge in [-0.3, -0.25) is 9.59 Å². The van der Waals surface area contributed by atoms with Crippen molar-refractivity contribution in [2.75, 3.05) is 18.8 Å². The number of hydrogen-bond acceptors (Lipinski definition) is 5. The van der Waals surface area contributed by atoms with Crippen molar-refractivity contribution in [3.05, 3.63) is 0 Å². The number of carboxylic acid groups (broad SMARTS) is 1. The van der Waals surface area contributed by atoms with Gasteiger partial charge in [-0.25, -0.2) is 4.79 Å². The maximum Gasteiger partial charge on any atom is 0.326 e. The summed E-state index contributed by atoms with van der Waals surface area (Å²) in [6, 6.07) is -0.727. The average Bonchev–Trinajstić information content (AvgIpc) is 2.82. The molecular weight excluding hydrogens is 268 g/mol. The molecule has 0 bridgehead atoms. The summed E-state index contributed by atoms with van der Waals surface area (Å²) >= 11 is 1.09. The molecule has 1 aliphatic heterocycles. The summed E-state index contributed by atoms with van der Waals surface area (Å²) in [4.78, 5) is 35.8. The maximum absolute atomic E-state index is 12.3. The Kier molecular flexibility index (Phi) is 6.30. The van der Waals surface area contributed by atoms with Gasteiger partial charge >= 0.3 is 5.97 Å². The summed E-state index contributed by atoms with van der Waals surface area (Å²) < 4.78 is 0. The fraction of sp³-hybridized carbons (Fsp3) is 0.750. The van der Waals surface area contributed by atoms with Crippen LogP contribution in [0.5, 0.6) is 0 Å². The highest BCUT2D eigenvalue weighted by atomic mass is 32.2. The zero-order valence-corrected chi connectivity index (χ0v) is 11.8. The van der Waals surface area contributed by atoms with Crippen molar-refractivity contribution < 1.29 is 19.5 Å². The van der Waals surface area contributed by atoms with E-state index in [-0.39, 0.29) is 16.9 Å². The van der Waals surface area contributed by atoms with E-state index < -0.39 is 12.0 Å². The zero-order valence-electron chi connectivity index (χ0n) is 11.0. The number of carbonyl (C=O) groups is 3. The van der Waals surface area contributed by atoms with Gasteiger partial charge in [0.25, 0.3) is 0 Å². The van der Waals surface area contributed by atoms with Crippen LogP contribution >= 0.6 is 11.8 Å². The number of hydrogen-bond donors (Lipinski definition) is 2. The highest BCUT2D eigenvalue weighted by molar-refractivity contribution is 8.13. The molecule has 0 aliphatic carbocycles. The predicted octanol–water partition coefficient (Wildman–Crippen LogP) is 0.307. The van der Waals surface area contributed by atoms with Crippen LogP contribution in [0.2, 0.25) is 0 Å². The van der Waals surface area contributed by atoms with Crippen molar-refractivity contribution in [1.29, 1.82) is 0 Å². The first-order chi connectivity index (χ1) is 8.97. The summed E-state index contributed by atoms with van der Waals surface area (Å²) in [6.07, 6.45) is 1.68. The van der Waals surface area contributed by atoms with Crippen molar-refractivity contribution in [2.24, 2.45) is 11.7 Å². The van der Waals surface area contributed by atoms with E-state index in [1.165, 1.54) is 11.8 Å². The summed E-state index contributed by atoms with van der Waals surface area (Å²) in [5, 5.41) is 9.03. The lowest BCUT2D eigenvalue weighted by atomic mass is 10.1. The van der Waals surface area contributed by atoms with Gasteiger partial charge in [0.1, 0.15) is 6.04 Å². The van der Waals surface area contributed by atoms with E-state index >= 15 is 0 Å². The summed E-state index contributed by atoms with van der Waals surface area (Å²) in [5.74, 6) is -1.16. The molecule has 1 saturated heterocycles. The van der Waals surface area contributed by atoms with Gasteiger partial charge in [0.05, 0.1) is 0 Å². The normalized spacial score (nSPS) is 20.3. The van der Waals surface area contributed by atoms with Crippen molar-refractivity contribution in [2.45, 2.75) is 32.2 Å². The van der Waals surface area contributed by atoms with Crippen LogP contribution in [0.4, 0.5) is 0 Å². The second kappa shape index (κ2) is 7.49. The first-order valence-electron chi connectivity index (χ1n) is 6.34. The number of carbonyl (C=O) groups excluding carboxylic acids is 2. The van der Waals surface area contributed by atoms with E-state index in [0.717, 1.165) is 11.8 Å². The smallest absolute Gasteiger partial charge is 0.326 e. The quantitative estimate of drug-likeness (QED) is 0.729. The molecule has 0 aromatic heterocycles. The molecule has 2 atom stereocenters. The maximum atomic E-state index is 12.3. The molecule has 1 rings (SSSR count). The molecular formula is C12H20N2O4S. The number of rotatable bonds is 6. The third-order valence-electron chi connectivity index (χ3n) is 3.17. The Bertz CT molecular complexity index is 362. The Balaban J connectivity index is 2.69. The van der Waals surface area contributed by atoms with Gasteiger partial charge in [0.15, 0.2) is 5.12 Å². The van der Waals surface area contributed by atoms with Crippen LogP contribution in [0, 0.1) is 5.92 Å². The Labute approximate surface area is 116 Å². The Morgan fingerprint density at radius 2 is 2.16 bits per heavy atom. The van der Waals surface area contributed by atoms with E-state index in [0.29, 0.717) is 38.1 Å². The van der Waals surface area contributed by atoms with E-state index in [4.69, 9.17) is 10.8 Å². The minimum Gasteiger partial charge on any atom is -0.480 e. The highest BCUT2D eigenvalue weighted by Crippen LogP contribution is 2.23. The van der Waals surface area contributed by atoms with Crippen LogP contribution < -0.4 is 5.73 Å². The largest absolute Gasteiger partial charge is 0.480 e. The molecule has 6 nitrogen and oxygen atoms in total. The van der Waals surface area contributed by atoms with Crippen LogP contribution in [-0.4, -0.2) is 51.9 Å². The molecule has 0 aromatic carbocycles. The Morgan fingerprint density at radius 1 is 1.47 bits per heavy atom. The number of nitrogens with two attached hydrogens (primary N) is 1. The molecule has 1 amide bonds. The molecule has 1 aliphatic rings. The molecule has 1 unspecified atom stereocenters. The molecule has 0 radical (unpaired) electrons. The highest BCUT2D eigenvalue weighted by Gasteiger charge is 2.36. The third kappa shape index (κ3) is 4.50. The van der Waals surface area contributed by atoms with Crippen LogP contribution in [0.15, 0.2) is 0 Å². The minimum atomic E-state index is -0.962.